The highest BCUT2D eigenvalue weighted by Crippen LogP contribution is 2.57. The molecule has 228 valence electrons. The van der Waals surface area contributed by atoms with Crippen LogP contribution in [-0.2, 0) is 15.0 Å². The zero-order valence-corrected chi connectivity index (χ0v) is 25.3. The second-order valence-corrected chi connectivity index (χ2v) is 13.9. The Morgan fingerprint density at radius 2 is 1.81 bits per heavy atom. The van der Waals surface area contributed by atoms with Crippen molar-refractivity contribution >= 4 is 40.7 Å². The molecule has 2 aromatic rings. The SMILES string of the molecule is CC(C)(C)C[C@H]1N[C@@H](C(=O)NCCCC2C[C@H](O)[C@@H](O)C2)[C@H](c2cccc(Cl)c2F)[C@@]12C(=O)Nc1cc(Cl)c(F)cc12. The zero-order chi connectivity index (χ0) is 30.6. The molecule has 0 bridgehead atoms. The topological polar surface area (TPSA) is 111 Å². The maximum absolute atomic E-state index is 15.8. The second kappa shape index (κ2) is 11.7. The summed E-state index contributed by atoms with van der Waals surface area (Å²) < 4.78 is 30.8. The highest BCUT2D eigenvalue weighted by atomic mass is 35.5. The van der Waals surface area contributed by atoms with Crippen LogP contribution in [0.15, 0.2) is 30.3 Å². The van der Waals surface area contributed by atoms with E-state index in [2.05, 4.69) is 16.0 Å². The summed E-state index contributed by atoms with van der Waals surface area (Å²) in [5, 5.41) is 28.5. The van der Waals surface area contributed by atoms with Crippen molar-refractivity contribution in [3.63, 3.8) is 0 Å². The van der Waals surface area contributed by atoms with Gasteiger partial charge in [-0.1, -0.05) is 56.1 Å². The van der Waals surface area contributed by atoms with E-state index in [1.54, 1.807) is 6.07 Å². The van der Waals surface area contributed by atoms with Gasteiger partial charge in [0.1, 0.15) is 17.0 Å². The highest BCUT2D eigenvalue weighted by Gasteiger charge is 2.66. The number of fused-ring (bicyclic) bond motifs is 2. The van der Waals surface area contributed by atoms with Crippen molar-refractivity contribution in [2.24, 2.45) is 11.3 Å². The minimum atomic E-state index is -1.54. The third-order valence-electron chi connectivity index (χ3n) is 8.98. The average Bonchev–Trinajstić information content (AvgIpc) is 3.50. The fourth-order valence-corrected chi connectivity index (χ4v) is 7.55. The van der Waals surface area contributed by atoms with Crippen molar-refractivity contribution in [2.75, 3.05) is 11.9 Å². The second-order valence-electron chi connectivity index (χ2n) is 13.1. The Hall–Kier alpha value is -2.30. The van der Waals surface area contributed by atoms with Crippen molar-refractivity contribution in [1.29, 1.82) is 0 Å². The molecule has 2 aliphatic heterocycles. The maximum atomic E-state index is 15.8. The van der Waals surface area contributed by atoms with E-state index in [1.165, 1.54) is 24.3 Å². The molecule has 0 aromatic heterocycles. The smallest absolute Gasteiger partial charge is 0.237 e. The lowest BCUT2D eigenvalue weighted by atomic mass is 9.62. The number of rotatable bonds is 7. The summed E-state index contributed by atoms with van der Waals surface area (Å²) in [7, 11) is 0. The third kappa shape index (κ3) is 5.54. The molecule has 2 aromatic carbocycles. The van der Waals surface area contributed by atoms with E-state index in [4.69, 9.17) is 23.2 Å². The fourth-order valence-electron chi connectivity index (χ4n) is 7.21. The summed E-state index contributed by atoms with van der Waals surface area (Å²) >= 11 is 12.3. The third-order valence-corrected chi connectivity index (χ3v) is 9.56. The number of carbonyl (C=O) groups excluding carboxylic acids is 2. The van der Waals surface area contributed by atoms with Crippen LogP contribution in [0.4, 0.5) is 14.5 Å². The molecule has 1 aliphatic carbocycles. The van der Waals surface area contributed by atoms with Crippen LogP contribution in [-0.4, -0.2) is 52.9 Å². The summed E-state index contributed by atoms with van der Waals surface area (Å²) in [6.07, 6.45) is 1.32. The number of halogens is 4. The lowest BCUT2D eigenvalue weighted by molar-refractivity contribution is -0.123. The van der Waals surface area contributed by atoms with Gasteiger partial charge >= 0.3 is 0 Å². The molecule has 0 radical (unpaired) electrons. The summed E-state index contributed by atoms with van der Waals surface area (Å²) in [6.45, 7) is 6.31. The van der Waals surface area contributed by atoms with Crippen LogP contribution in [0, 0.1) is 23.0 Å². The van der Waals surface area contributed by atoms with Crippen LogP contribution >= 0.6 is 23.2 Å². The molecule has 2 heterocycles. The van der Waals surface area contributed by atoms with E-state index in [0.29, 0.717) is 49.9 Å². The summed E-state index contributed by atoms with van der Waals surface area (Å²) in [5.41, 5.74) is -1.15. The lowest BCUT2D eigenvalue weighted by Gasteiger charge is -2.37. The molecule has 1 saturated carbocycles. The maximum Gasteiger partial charge on any atom is 0.237 e. The molecule has 1 spiro atoms. The Bertz CT molecular complexity index is 1380. The van der Waals surface area contributed by atoms with Crippen molar-refractivity contribution in [1.82, 2.24) is 10.6 Å². The monoisotopic (exact) mass is 623 g/mol. The number of hydrogen-bond donors (Lipinski definition) is 5. The van der Waals surface area contributed by atoms with Gasteiger partial charge in [-0.3, -0.25) is 9.59 Å². The molecule has 3 aliphatic rings. The molecule has 5 rings (SSSR count). The molecule has 42 heavy (non-hydrogen) atoms. The molecule has 11 heteroatoms. The number of amides is 2. The predicted molar refractivity (Wildman–Crippen MR) is 158 cm³/mol. The van der Waals surface area contributed by atoms with Crippen LogP contribution < -0.4 is 16.0 Å². The van der Waals surface area contributed by atoms with Crippen molar-refractivity contribution in [3.8, 4) is 0 Å². The largest absolute Gasteiger partial charge is 0.390 e. The van der Waals surface area contributed by atoms with Crippen LogP contribution in [0.1, 0.15) is 69.9 Å². The summed E-state index contributed by atoms with van der Waals surface area (Å²) in [6, 6.07) is 5.34. The van der Waals surface area contributed by atoms with E-state index in [1.807, 2.05) is 20.8 Å². The van der Waals surface area contributed by atoms with Gasteiger partial charge in [0, 0.05) is 24.2 Å². The van der Waals surface area contributed by atoms with E-state index in [-0.39, 0.29) is 26.9 Å². The van der Waals surface area contributed by atoms with Crippen LogP contribution in [0.25, 0.3) is 0 Å². The Balaban J connectivity index is 1.54. The van der Waals surface area contributed by atoms with Crippen molar-refractivity contribution in [3.05, 3.63) is 63.1 Å². The lowest BCUT2D eigenvalue weighted by Crippen LogP contribution is -2.49. The minimum Gasteiger partial charge on any atom is -0.390 e. The fraction of sp³-hybridized carbons (Fsp3) is 0.548. The number of aliphatic hydroxyl groups is 2. The van der Waals surface area contributed by atoms with Gasteiger partial charge in [0.15, 0.2) is 0 Å². The van der Waals surface area contributed by atoms with Gasteiger partial charge in [-0.2, -0.15) is 0 Å². The molecule has 7 nitrogen and oxygen atoms in total. The molecule has 2 fully saturated rings. The Morgan fingerprint density at radius 1 is 1.12 bits per heavy atom. The van der Waals surface area contributed by atoms with E-state index in [0.717, 1.165) is 0 Å². The number of aliphatic hydroxyl groups excluding tert-OH is 2. The first-order valence-corrected chi connectivity index (χ1v) is 15.1. The normalized spacial score (nSPS) is 29.3. The van der Waals surface area contributed by atoms with Crippen LogP contribution in [0.5, 0.6) is 0 Å². The van der Waals surface area contributed by atoms with Gasteiger partial charge in [-0.25, -0.2) is 8.78 Å². The Kier molecular flexibility index (Phi) is 8.64. The standard InChI is InChI=1S/C31H37Cl2F2N3O4/c1-30(2,3)14-24-31(17-12-20(34)19(33)13-21(17)37-29(31)42)25(16-7-4-8-18(32)26(16)35)27(38-24)28(41)36-9-5-6-15-10-22(39)23(40)11-15/h4,7-8,12-13,15,22-25,27,38-40H,5-6,9-11,14H2,1-3H3,(H,36,41)(H,37,42)/t22-,23-,24+,25-,27+,31-/m0/s1. The van der Waals surface area contributed by atoms with Gasteiger partial charge in [-0.15, -0.1) is 0 Å². The number of carbonyl (C=O) groups is 2. The van der Waals surface area contributed by atoms with Crippen molar-refractivity contribution < 1.29 is 28.6 Å². The molecular weight excluding hydrogens is 587 g/mol. The predicted octanol–water partition coefficient (Wildman–Crippen LogP) is 5.05. The van der Waals surface area contributed by atoms with Gasteiger partial charge in [0.25, 0.3) is 0 Å². The minimum absolute atomic E-state index is 0.0823. The average molecular weight is 625 g/mol. The van der Waals surface area contributed by atoms with Crippen molar-refractivity contribution in [2.45, 2.75) is 88.5 Å². The molecule has 5 N–H and O–H groups in total. The Labute approximate surface area is 254 Å². The number of hydrogen-bond acceptors (Lipinski definition) is 5. The molecule has 2 amide bonds. The number of nitrogens with one attached hydrogen (secondary N) is 3. The van der Waals surface area contributed by atoms with Gasteiger partial charge in [0.2, 0.25) is 11.8 Å². The zero-order valence-electron chi connectivity index (χ0n) is 23.8. The van der Waals surface area contributed by atoms with Gasteiger partial charge in [-0.05, 0) is 72.8 Å². The first-order chi connectivity index (χ1) is 19.7. The molecule has 0 unspecified atom stereocenters. The van der Waals surface area contributed by atoms with E-state index >= 15 is 8.78 Å². The first-order valence-electron chi connectivity index (χ1n) is 14.4. The van der Waals surface area contributed by atoms with Gasteiger partial charge in [0.05, 0.1) is 28.3 Å². The molecule has 6 atom stereocenters. The van der Waals surface area contributed by atoms with Gasteiger partial charge < -0.3 is 26.2 Å². The number of anilines is 1. The van der Waals surface area contributed by atoms with Crippen LogP contribution in [0.3, 0.4) is 0 Å². The quantitative estimate of drug-likeness (QED) is 0.277. The molecular formula is C31H37Cl2F2N3O4. The van der Waals surface area contributed by atoms with E-state index in [9.17, 15) is 19.8 Å². The summed E-state index contributed by atoms with van der Waals surface area (Å²) in [5.74, 6) is -3.26. The Morgan fingerprint density at radius 3 is 2.48 bits per heavy atom. The summed E-state index contributed by atoms with van der Waals surface area (Å²) in [4.78, 5) is 28.0. The highest BCUT2D eigenvalue weighted by molar-refractivity contribution is 6.31. The van der Waals surface area contributed by atoms with Crippen LogP contribution in [0.2, 0.25) is 10.0 Å². The van der Waals surface area contributed by atoms with E-state index < -0.39 is 59.1 Å². The number of benzene rings is 2. The first kappa shape index (κ1) is 31.1. The molecule has 1 saturated heterocycles.